The molecule has 1 aromatic rings. The maximum absolute atomic E-state index is 11.4. The highest BCUT2D eigenvalue weighted by Crippen LogP contribution is 2.11. The molecule has 19 heavy (non-hydrogen) atoms. The lowest BCUT2D eigenvalue weighted by molar-refractivity contribution is -0.154. The molecule has 0 aromatic heterocycles. The molecule has 0 aliphatic rings. The van der Waals surface area contributed by atoms with Crippen molar-refractivity contribution in [2.75, 3.05) is 13.2 Å². The van der Waals surface area contributed by atoms with E-state index in [4.69, 9.17) is 4.74 Å². The van der Waals surface area contributed by atoms with Gasteiger partial charge in [-0.05, 0) is 26.0 Å². The van der Waals surface area contributed by atoms with Gasteiger partial charge in [0.1, 0.15) is 12.4 Å². The van der Waals surface area contributed by atoms with Crippen LogP contribution >= 0.6 is 0 Å². The monoisotopic (exact) mass is 264 g/mol. The molecular weight excluding hydrogens is 248 g/mol. The molecule has 0 atom stereocenters. The third-order valence-electron chi connectivity index (χ3n) is 2.28. The molecular formula is C14H16O5. The molecule has 0 N–H and O–H groups in total. The van der Waals surface area contributed by atoms with Gasteiger partial charge in [-0.15, -0.1) is 0 Å². The number of hydrogen-bond acceptors (Lipinski definition) is 5. The zero-order chi connectivity index (χ0) is 14.3. The predicted molar refractivity (Wildman–Crippen MR) is 67.9 cm³/mol. The van der Waals surface area contributed by atoms with Crippen molar-refractivity contribution in [2.45, 2.75) is 20.3 Å². The first kappa shape index (κ1) is 14.9. The first-order chi connectivity index (χ1) is 9.02. The summed E-state index contributed by atoms with van der Waals surface area (Å²) in [4.78, 5) is 33.7. The minimum absolute atomic E-state index is 0.110. The van der Waals surface area contributed by atoms with E-state index >= 15 is 0 Å². The van der Waals surface area contributed by atoms with Crippen LogP contribution in [0.4, 0.5) is 0 Å². The molecule has 0 saturated carbocycles. The summed E-state index contributed by atoms with van der Waals surface area (Å²) in [6.07, 6.45) is -0.495. The number of Topliss-reactive ketones (excluding diaryl/α,β-unsaturated/α-hetero) is 2. The number of ketones is 2. The van der Waals surface area contributed by atoms with E-state index in [0.29, 0.717) is 5.75 Å². The fourth-order valence-corrected chi connectivity index (χ4v) is 1.31. The summed E-state index contributed by atoms with van der Waals surface area (Å²) >= 11 is 0. The maximum Gasteiger partial charge on any atom is 0.375 e. The zero-order valence-corrected chi connectivity index (χ0v) is 11.0. The molecule has 0 fully saturated rings. The van der Waals surface area contributed by atoms with Crippen molar-refractivity contribution in [3.8, 4) is 5.75 Å². The zero-order valence-electron chi connectivity index (χ0n) is 11.0. The van der Waals surface area contributed by atoms with E-state index in [1.165, 1.54) is 0 Å². The molecule has 102 valence electrons. The number of aryl methyl sites for hydroxylation is 1. The van der Waals surface area contributed by atoms with E-state index in [-0.39, 0.29) is 13.2 Å². The summed E-state index contributed by atoms with van der Waals surface area (Å²) in [6.45, 7) is 3.40. The van der Waals surface area contributed by atoms with Gasteiger partial charge in [0.2, 0.25) is 5.78 Å². The van der Waals surface area contributed by atoms with Crippen LogP contribution in [0, 0.1) is 6.92 Å². The Morgan fingerprint density at radius 1 is 1.11 bits per heavy atom. The lowest BCUT2D eigenvalue weighted by Crippen LogP contribution is -2.23. The van der Waals surface area contributed by atoms with E-state index < -0.39 is 24.0 Å². The Kier molecular flexibility index (Phi) is 5.73. The van der Waals surface area contributed by atoms with Crippen molar-refractivity contribution in [2.24, 2.45) is 0 Å². The van der Waals surface area contributed by atoms with Crippen LogP contribution in [0.5, 0.6) is 5.75 Å². The van der Waals surface area contributed by atoms with E-state index in [9.17, 15) is 14.4 Å². The largest absolute Gasteiger partial charge is 0.486 e. The SMILES string of the molecule is CCOC(=O)C(=O)CC(=O)COc1ccc(C)cc1. The number of benzene rings is 1. The Morgan fingerprint density at radius 2 is 1.74 bits per heavy atom. The van der Waals surface area contributed by atoms with Crippen molar-refractivity contribution >= 4 is 17.5 Å². The minimum Gasteiger partial charge on any atom is -0.486 e. The van der Waals surface area contributed by atoms with Crippen molar-refractivity contribution in [1.29, 1.82) is 0 Å². The van der Waals surface area contributed by atoms with Gasteiger partial charge in [-0.25, -0.2) is 4.79 Å². The second-order valence-electron chi connectivity index (χ2n) is 3.96. The number of rotatable bonds is 7. The van der Waals surface area contributed by atoms with Crippen molar-refractivity contribution in [3.05, 3.63) is 29.8 Å². The highest BCUT2D eigenvalue weighted by Gasteiger charge is 2.19. The minimum atomic E-state index is -0.980. The summed E-state index contributed by atoms with van der Waals surface area (Å²) in [5, 5.41) is 0. The molecule has 5 nitrogen and oxygen atoms in total. The molecule has 0 heterocycles. The molecule has 0 amide bonds. The number of ether oxygens (including phenoxy) is 2. The fourth-order valence-electron chi connectivity index (χ4n) is 1.31. The van der Waals surface area contributed by atoms with Crippen LogP contribution in [0.1, 0.15) is 18.9 Å². The van der Waals surface area contributed by atoms with Crippen LogP contribution in [0.15, 0.2) is 24.3 Å². The van der Waals surface area contributed by atoms with Gasteiger partial charge in [0.25, 0.3) is 0 Å². The lowest BCUT2D eigenvalue weighted by Gasteiger charge is -2.05. The van der Waals surface area contributed by atoms with Gasteiger partial charge in [-0.2, -0.15) is 0 Å². The first-order valence-electron chi connectivity index (χ1n) is 5.94. The van der Waals surface area contributed by atoms with Crippen molar-refractivity contribution < 1.29 is 23.9 Å². The van der Waals surface area contributed by atoms with Crippen LogP contribution < -0.4 is 4.74 Å². The molecule has 0 saturated heterocycles. The molecule has 0 bridgehead atoms. The van der Waals surface area contributed by atoms with Crippen LogP contribution in [-0.4, -0.2) is 30.7 Å². The highest BCUT2D eigenvalue weighted by atomic mass is 16.5. The molecule has 5 heteroatoms. The van der Waals surface area contributed by atoms with E-state index in [0.717, 1.165) is 5.56 Å². The van der Waals surface area contributed by atoms with Gasteiger partial charge in [0, 0.05) is 0 Å². The number of esters is 1. The van der Waals surface area contributed by atoms with Gasteiger partial charge in [-0.1, -0.05) is 17.7 Å². The molecule has 0 spiro atoms. The summed E-state index contributed by atoms with van der Waals surface area (Å²) in [6, 6.07) is 7.17. The highest BCUT2D eigenvalue weighted by molar-refractivity contribution is 6.37. The molecule has 0 aliphatic carbocycles. The standard InChI is InChI=1S/C14H16O5/c1-3-18-14(17)13(16)8-11(15)9-19-12-6-4-10(2)5-7-12/h4-7H,3,8-9H2,1-2H3. The Bertz CT molecular complexity index is 461. The predicted octanol–water partition coefficient (Wildman–Crippen LogP) is 1.47. The van der Waals surface area contributed by atoms with E-state index in [1.807, 2.05) is 19.1 Å². The molecule has 0 radical (unpaired) electrons. The van der Waals surface area contributed by atoms with Crippen LogP contribution in [0.2, 0.25) is 0 Å². The summed E-state index contributed by atoms with van der Waals surface area (Å²) in [5.74, 6) is -1.74. The van der Waals surface area contributed by atoms with Gasteiger partial charge in [-0.3, -0.25) is 9.59 Å². The Morgan fingerprint density at radius 3 is 2.32 bits per heavy atom. The van der Waals surface area contributed by atoms with Gasteiger partial charge in [0.15, 0.2) is 5.78 Å². The molecule has 1 aromatic carbocycles. The van der Waals surface area contributed by atoms with Crippen molar-refractivity contribution in [1.82, 2.24) is 0 Å². The number of carbonyl (C=O) groups is 3. The van der Waals surface area contributed by atoms with E-state index in [2.05, 4.69) is 4.74 Å². The fraction of sp³-hybridized carbons (Fsp3) is 0.357. The summed E-state index contributed by atoms with van der Waals surface area (Å²) in [7, 11) is 0. The topological polar surface area (TPSA) is 69.7 Å². The normalized spacial score (nSPS) is 9.79. The molecule has 0 aliphatic heterocycles. The molecule has 1 rings (SSSR count). The Hall–Kier alpha value is -2.17. The van der Waals surface area contributed by atoms with Crippen LogP contribution in [0.3, 0.4) is 0 Å². The first-order valence-corrected chi connectivity index (χ1v) is 5.94. The Labute approximate surface area is 111 Å². The van der Waals surface area contributed by atoms with E-state index in [1.54, 1.807) is 19.1 Å². The van der Waals surface area contributed by atoms with Gasteiger partial charge in [0.05, 0.1) is 13.0 Å². The molecule has 0 unspecified atom stereocenters. The van der Waals surface area contributed by atoms with Crippen LogP contribution in [-0.2, 0) is 19.1 Å². The smallest absolute Gasteiger partial charge is 0.375 e. The van der Waals surface area contributed by atoms with Gasteiger partial charge >= 0.3 is 5.97 Å². The lowest BCUT2D eigenvalue weighted by atomic mass is 10.2. The van der Waals surface area contributed by atoms with Crippen molar-refractivity contribution in [3.63, 3.8) is 0 Å². The Balaban J connectivity index is 2.37. The summed E-state index contributed by atoms with van der Waals surface area (Å²) < 4.78 is 9.71. The average molecular weight is 264 g/mol. The average Bonchev–Trinajstić information content (AvgIpc) is 2.38. The third kappa shape index (κ3) is 5.33. The van der Waals surface area contributed by atoms with Crippen LogP contribution in [0.25, 0.3) is 0 Å². The number of carbonyl (C=O) groups excluding carboxylic acids is 3. The maximum atomic E-state index is 11.4. The second-order valence-corrected chi connectivity index (χ2v) is 3.96. The quantitative estimate of drug-likeness (QED) is 0.423. The summed E-state index contributed by atoms with van der Waals surface area (Å²) in [5.41, 5.74) is 1.08. The third-order valence-corrected chi connectivity index (χ3v) is 2.28. The van der Waals surface area contributed by atoms with Gasteiger partial charge < -0.3 is 9.47 Å². The second kappa shape index (κ2) is 7.31. The number of hydrogen-bond donors (Lipinski definition) is 0.